The Morgan fingerprint density at radius 3 is 3.07 bits per heavy atom. The molecule has 2 rings (SSSR count). The summed E-state index contributed by atoms with van der Waals surface area (Å²) in [7, 11) is 0. The molecule has 0 saturated heterocycles. The third-order valence-electron chi connectivity index (χ3n) is 2.08. The van der Waals surface area contributed by atoms with Crippen LogP contribution >= 0.6 is 0 Å². The minimum atomic E-state index is -0.986. The van der Waals surface area contributed by atoms with E-state index in [9.17, 15) is 4.79 Å². The first-order valence-corrected chi connectivity index (χ1v) is 4.21. The van der Waals surface area contributed by atoms with Gasteiger partial charge in [0.1, 0.15) is 12.4 Å². The Morgan fingerprint density at radius 2 is 2.36 bits per heavy atom. The monoisotopic (exact) mass is 194 g/mol. The molecule has 1 aromatic carbocycles. The predicted molar refractivity (Wildman–Crippen MR) is 51.7 cm³/mol. The fraction of sp³-hybridized carbons (Fsp3) is 0.222. The first-order chi connectivity index (χ1) is 6.68. The zero-order chi connectivity index (χ0) is 10.1. The molecule has 14 heavy (non-hydrogen) atoms. The molecule has 1 aliphatic heterocycles. The molecule has 0 aliphatic carbocycles. The summed E-state index contributed by atoms with van der Waals surface area (Å²) in [5.74, 6) is 0.563. The number of carbonyl (C=O) groups is 1. The Labute approximate surface area is 80.7 Å². The zero-order valence-electron chi connectivity index (χ0n) is 7.43. The van der Waals surface area contributed by atoms with Gasteiger partial charge >= 0.3 is 6.09 Å². The van der Waals surface area contributed by atoms with Crippen molar-refractivity contribution in [3.05, 3.63) is 18.2 Å². The van der Waals surface area contributed by atoms with Gasteiger partial charge < -0.3 is 15.6 Å². The molecule has 0 unspecified atom stereocenters. The van der Waals surface area contributed by atoms with Crippen LogP contribution in [0.3, 0.4) is 0 Å². The SMILES string of the molecule is Nc1ccc2c(c1)N(C(=O)O)CCO2. The fourth-order valence-electron chi connectivity index (χ4n) is 1.43. The zero-order valence-corrected chi connectivity index (χ0v) is 7.43. The maximum Gasteiger partial charge on any atom is 0.412 e. The third kappa shape index (κ3) is 1.32. The molecule has 5 heteroatoms. The number of amides is 1. The molecule has 74 valence electrons. The maximum atomic E-state index is 10.9. The Balaban J connectivity index is 2.46. The van der Waals surface area contributed by atoms with Crippen molar-refractivity contribution in [2.24, 2.45) is 0 Å². The average molecular weight is 194 g/mol. The summed E-state index contributed by atoms with van der Waals surface area (Å²) in [5.41, 5.74) is 6.61. The highest BCUT2D eigenvalue weighted by molar-refractivity contribution is 5.89. The number of nitrogen functional groups attached to an aromatic ring is 1. The first kappa shape index (κ1) is 8.68. The van der Waals surface area contributed by atoms with Crippen molar-refractivity contribution in [1.82, 2.24) is 0 Å². The van der Waals surface area contributed by atoms with Crippen molar-refractivity contribution in [2.75, 3.05) is 23.8 Å². The van der Waals surface area contributed by atoms with Gasteiger partial charge in [0.15, 0.2) is 0 Å². The minimum Gasteiger partial charge on any atom is -0.490 e. The first-order valence-electron chi connectivity index (χ1n) is 4.21. The average Bonchev–Trinajstić information content (AvgIpc) is 2.16. The summed E-state index contributed by atoms with van der Waals surface area (Å²) >= 11 is 0. The van der Waals surface area contributed by atoms with Gasteiger partial charge in [-0.3, -0.25) is 4.90 Å². The number of carboxylic acid groups (broad SMARTS) is 1. The van der Waals surface area contributed by atoms with Gasteiger partial charge in [0.2, 0.25) is 0 Å². The van der Waals surface area contributed by atoms with Crippen LogP contribution in [-0.4, -0.2) is 24.4 Å². The summed E-state index contributed by atoms with van der Waals surface area (Å²) in [5, 5.41) is 8.91. The number of hydrogen-bond donors (Lipinski definition) is 2. The van der Waals surface area contributed by atoms with E-state index in [1.54, 1.807) is 18.2 Å². The van der Waals surface area contributed by atoms with Crippen molar-refractivity contribution in [1.29, 1.82) is 0 Å². The fourth-order valence-corrected chi connectivity index (χ4v) is 1.43. The van der Waals surface area contributed by atoms with E-state index in [0.717, 1.165) is 0 Å². The number of anilines is 2. The van der Waals surface area contributed by atoms with E-state index in [0.29, 0.717) is 30.3 Å². The van der Waals surface area contributed by atoms with Crippen LogP contribution in [0.15, 0.2) is 18.2 Å². The summed E-state index contributed by atoms with van der Waals surface area (Å²) in [6, 6.07) is 4.96. The highest BCUT2D eigenvalue weighted by Crippen LogP contribution is 2.33. The molecular formula is C9H10N2O3. The van der Waals surface area contributed by atoms with Crippen LogP contribution < -0.4 is 15.4 Å². The van der Waals surface area contributed by atoms with E-state index in [4.69, 9.17) is 15.6 Å². The lowest BCUT2D eigenvalue weighted by atomic mass is 10.2. The van der Waals surface area contributed by atoms with Crippen LogP contribution in [0.5, 0.6) is 5.75 Å². The van der Waals surface area contributed by atoms with Gasteiger partial charge in [0.25, 0.3) is 0 Å². The highest BCUT2D eigenvalue weighted by Gasteiger charge is 2.22. The van der Waals surface area contributed by atoms with Crippen molar-refractivity contribution in [3.63, 3.8) is 0 Å². The van der Waals surface area contributed by atoms with Gasteiger partial charge in [-0.2, -0.15) is 0 Å². The van der Waals surface area contributed by atoms with Crippen LogP contribution in [0.25, 0.3) is 0 Å². The van der Waals surface area contributed by atoms with Gasteiger partial charge in [-0.15, -0.1) is 0 Å². The number of nitrogens with zero attached hydrogens (tertiary/aromatic N) is 1. The Kier molecular flexibility index (Phi) is 1.92. The van der Waals surface area contributed by atoms with Crippen LogP contribution in [0.1, 0.15) is 0 Å². The van der Waals surface area contributed by atoms with E-state index in [-0.39, 0.29) is 0 Å². The molecule has 0 atom stereocenters. The van der Waals surface area contributed by atoms with Gasteiger partial charge in [0, 0.05) is 5.69 Å². The topological polar surface area (TPSA) is 75.8 Å². The lowest BCUT2D eigenvalue weighted by Gasteiger charge is -2.27. The number of benzene rings is 1. The van der Waals surface area contributed by atoms with E-state index in [1.165, 1.54) is 4.90 Å². The van der Waals surface area contributed by atoms with Gasteiger partial charge in [-0.1, -0.05) is 0 Å². The quantitative estimate of drug-likeness (QED) is 0.607. The lowest BCUT2D eigenvalue weighted by molar-refractivity contribution is 0.196. The Morgan fingerprint density at radius 1 is 1.57 bits per heavy atom. The van der Waals surface area contributed by atoms with Crippen LogP contribution in [0.2, 0.25) is 0 Å². The summed E-state index contributed by atoms with van der Waals surface area (Å²) in [4.78, 5) is 12.1. The van der Waals surface area contributed by atoms with Crippen LogP contribution in [0.4, 0.5) is 16.2 Å². The molecular weight excluding hydrogens is 184 g/mol. The van der Waals surface area contributed by atoms with E-state index >= 15 is 0 Å². The molecule has 0 aromatic heterocycles. The van der Waals surface area contributed by atoms with Crippen LogP contribution in [-0.2, 0) is 0 Å². The van der Waals surface area contributed by atoms with Gasteiger partial charge in [-0.25, -0.2) is 4.79 Å². The van der Waals surface area contributed by atoms with E-state index in [2.05, 4.69) is 0 Å². The standard InChI is InChI=1S/C9H10N2O3/c10-6-1-2-8-7(5-6)11(9(12)13)3-4-14-8/h1-2,5H,3-4,10H2,(H,12,13). The molecule has 1 amide bonds. The van der Waals surface area contributed by atoms with Crippen molar-refractivity contribution in [2.45, 2.75) is 0 Å². The molecule has 5 nitrogen and oxygen atoms in total. The molecule has 0 saturated carbocycles. The van der Waals surface area contributed by atoms with Crippen molar-refractivity contribution >= 4 is 17.5 Å². The Bertz CT molecular complexity index is 378. The number of rotatable bonds is 0. The molecule has 0 radical (unpaired) electrons. The molecule has 0 fully saturated rings. The van der Waals surface area contributed by atoms with Crippen molar-refractivity contribution in [3.8, 4) is 5.75 Å². The minimum absolute atomic E-state index is 0.339. The highest BCUT2D eigenvalue weighted by atomic mass is 16.5. The number of hydrogen-bond acceptors (Lipinski definition) is 3. The molecule has 1 heterocycles. The molecule has 0 bridgehead atoms. The molecule has 1 aromatic rings. The van der Waals surface area contributed by atoms with E-state index < -0.39 is 6.09 Å². The number of nitrogens with two attached hydrogens (primary N) is 1. The molecule has 0 spiro atoms. The molecule has 3 N–H and O–H groups in total. The third-order valence-corrected chi connectivity index (χ3v) is 2.08. The predicted octanol–water partition coefficient (Wildman–Crippen LogP) is 1.15. The second-order valence-electron chi connectivity index (χ2n) is 3.01. The van der Waals surface area contributed by atoms with Gasteiger partial charge in [0.05, 0.1) is 12.2 Å². The Hall–Kier alpha value is -1.91. The largest absolute Gasteiger partial charge is 0.490 e. The van der Waals surface area contributed by atoms with Crippen molar-refractivity contribution < 1.29 is 14.6 Å². The second kappa shape index (κ2) is 3.10. The smallest absolute Gasteiger partial charge is 0.412 e. The molecule has 1 aliphatic rings. The van der Waals surface area contributed by atoms with E-state index in [1.807, 2.05) is 0 Å². The second-order valence-corrected chi connectivity index (χ2v) is 3.01. The van der Waals surface area contributed by atoms with Gasteiger partial charge in [-0.05, 0) is 18.2 Å². The normalized spacial score (nSPS) is 14.4. The summed E-state index contributed by atoms with van der Waals surface area (Å²) < 4.78 is 5.30. The number of fused-ring (bicyclic) bond motifs is 1. The van der Waals surface area contributed by atoms with Crippen LogP contribution in [0, 0.1) is 0 Å². The number of ether oxygens (including phenoxy) is 1. The maximum absolute atomic E-state index is 10.9. The summed E-state index contributed by atoms with van der Waals surface area (Å²) in [6.45, 7) is 0.717. The lowest BCUT2D eigenvalue weighted by Crippen LogP contribution is -2.36. The summed E-state index contributed by atoms with van der Waals surface area (Å²) in [6.07, 6.45) is -0.986.